The predicted molar refractivity (Wildman–Crippen MR) is 298 cm³/mol. The summed E-state index contributed by atoms with van der Waals surface area (Å²) in [4.78, 5) is 38.2. The predicted octanol–water partition coefficient (Wildman–Crippen LogP) is 20.9. The minimum atomic E-state index is -0.765. The summed E-state index contributed by atoms with van der Waals surface area (Å²) >= 11 is 0. The van der Waals surface area contributed by atoms with E-state index >= 15 is 0 Å². The van der Waals surface area contributed by atoms with Crippen molar-refractivity contribution in [2.75, 3.05) is 13.2 Å². The standard InChI is InChI=1S/C63H120O6/c1-4-7-10-13-16-19-22-25-27-29-31-33-35-38-40-43-46-49-52-55-61(64)67-58-60(69-63(66)57-54-51-48-45-42-37-24-21-18-15-12-9-6-3)59-68-62(65)56-53-50-47-44-41-39-36-34-32-30-28-26-23-20-17-14-11-8-5-2/h25,27,60H,4-24,26,28-59H2,1-3H3/b27-25-/t60-/m1/s1. The third-order valence-electron chi connectivity index (χ3n) is 14.3. The monoisotopic (exact) mass is 973 g/mol. The minimum absolute atomic E-state index is 0.0640. The van der Waals surface area contributed by atoms with Gasteiger partial charge in [0.2, 0.25) is 0 Å². The zero-order valence-electron chi connectivity index (χ0n) is 46.9. The molecule has 6 heteroatoms. The van der Waals surface area contributed by atoms with Crippen LogP contribution in [0, 0.1) is 0 Å². The molecule has 0 fully saturated rings. The van der Waals surface area contributed by atoms with Crippen LogP contribution in [-0.4, -0.2) is 37.2 Å². The molecule has 0 aliphatic heterocycles. The van der Waals surface area contributed by atoms with Crippen molar-refractivity contribution in [2.45, 2.75) is 361 Å². The highest BCUT2D eigenvalue weighted by atomic mass is 16.6. The Morgan fingerprint density at radius 1 is 0.275 bits per heavy atom. The molecule has 0 aromatic rings. The summed E-state index contributed by atoms with van der Waals surface area (Å²) in [5.41, 5.74) is 0. The van der Waals surface area contributed by atoms with Gasteiger partial charge in [-0.05, 0) is 44.9 Å². The molecule has 0 amide bonds. The molecule has 6 nitrogen and oxygen atoms in total. The molecule has 0 radical (unpaired) electrons. The zero-order chi connectivity index (χ0) is 50.0. The number of allylic oxidation sites excluding steroid dienone is 2. The van der Waals surface area contributed by atoms with Crippen LogP contribution in [0.15, 0.2) is 12.2 Å². The average Bonchev–Trinajstić information content (AvgIpc) is 3.35. The third-order valence-corrected chi connectivity index (χ3v) is 14.3. The maximum absolute atomic E-state index is 12.9. The van der Waals surface area contributed by atoms with Gasteiger partial charge in [-0.15, -0.1) is 0 Å². The maximum Gasteiger partial charge on any atom is 0.306 e. The summed E-state index contributed by atoms with van der Waals surface area (Å²) in [5, 5.41) is 0. The number of carbonyl (C=O) groups excluding carboxylic acids is 3. The second kappa shape index (κ2) is 58.7. The van der Waals surface area contributed by atoms with Gasteiger partial charge in [-0.2, -0.15) is 0 Å². The molecular weight excluding hydrogens is 853 g/mol. The molecule has 0 aliphatic carbocycles. The third kappa shape index (κ3) is 56.9. The fourth-order valence-corrected chi connectivity index (χ4v) is 9.56. The van der Waals surface area contributed by atoms with E-state index in [0.717, 1.165) is 57.8 Å². The number of hydrogen-bond acceptors (Lipinski definition) is 6. The number of esters is 3. The van der Waals surface area contributed by atoms with Gasteiger partial charge in [0.15, 0.2) is 6.10 Å². The van der Waals surface area contributed by atoms with Gasteiger partial charge in [0.05, 0.1) is 0 Å². The van der Waals surface area contributed by atoms with Crippen molar-refractivity contribution in [1.82, 2.24) is 0 Å². The lowest BCUT2D eigenvalue weighted by atomic mass is 10.0. The summed E-state index contributed by atoms with van der Waals surface area (Å²) in [6, 6.07) is 0. The van der Waals surface area contributed by atoms with Gasteiger partial charge in [-0.25, -0.2) is 0 Å². The van der Waals surface area contributed by atoms with Gasteiger partial charge < -0.3 is 14.2 Å². The number of carbonyl (C=O) groups is 3. The van der Waals surface area contributed by atoms with Crippen LogP contribution in [-0.2, 0) is 28.6 Å². The average molecular weight is 974 g/mol. The van der Waals surface area contributed by atoms with Gasteiger partial charge in [0.25, 0.3) is 0 Å². The molecule has 0 rings (SSSR count). The highest BCUT2D eigenvalue weighted by molar-refractivity contribution is 5.71. The first kappa shape index (κ1) is 67.1. The molecule has 69 heavy (non-hydrogen) atoms. The molecular formula is C63H120O6. The quantitative estimate of drug-likeness (QED) is 0.0261. The molecule has 0 aliphatic rings. The van der Waals surface area contributed by atoms with Crippen molar-refractivity contribution in [1.29, 1.82) is 0 Å². The Kier molecular flexibility index (Phi) is 57.1. The van der Waals surface area contributed by atoms with Crippen LogP contribution in [0.5, 0.6) is 0 Å². The second-order valence-electron chi connectivity index (χ2n) is 21.3. The Labute approximate surface area is 431 Å². The van der Waals surface area contributed by atoms with Crippen molar-refractivity contribution in [3.63, 3.8) is 0 Å². The fraction of sp³-hybridized carbons (Fsp3) is 0.921. The largest absolute Gasteiger partial charge is 0.462 e. The zero-order valence-corrected chi connectivity index (χ0v) is 46.9. The van der Waals surface area contributed by atoms with Crippen molar-refractivity contribution in [2.24, 2.45) is 0 Å². The van der Waals surface area contributed by atoms with E-state index in [9.17, 15) is 14.4 Å². The van der Waals surface area contributed by atoms with Crippen LogP contribution in [0.4, 0.5) is 0 Å². The van der Waals surface area contributed by atoms with E-state index in [1.165, 1.54) is 257 Å². The van der Waals surface area contributed by atoms with Crippen LogP contribution in [0.1, 0.15) is 355 Å². The van der Waals surface area contributed by atoms with Crippen LogP contribution >= 0.6 is 0 Å². The van der Waals surface area contributed by atoms with Gasteiger partial charge >= 0.3 is 17.9 Å². The maximum atomic E-state index is 12.9. The van der Waals surface area contributed by atoms with E-state index in [4.69, 9.17) is 14.2 Å². The summed E-state index contributed by atoms with van der Waals surface area (Å²) in [6.45, 7) is 6.70. The van der Waals surface area contributed by atoms with Crippen molar-refractivity contribution in [3.8, 4) is 0 Å². The molecule has 1 atom stereocenters. The van der Waals surface area contributed by atoms with E-state index < -0.39 is 6.10 Å². The molecule has 0 spiro atoms. The lowest BCUT2D eigenvalue weighted by Crippen LogP contribution is -2.30. The van der Waals surface area contributed by atoms with Gasteiger partial charge in [-0.3, -0.25) is 14.4 Å². The van der Waals surface area contributed by atoms with Crippen LogP contribution in [0.2, 0.25) is 0 Å². The first-order valence-electron chi connectivity index (χ1n) is 31.2. The van der Waals surface area contributed by atoms with Crippen LogP contribution in [0.3, 0.4) is 0 Å². The van der Waals surface area contributed by atoms with Gasteiger partial charge in [-0.1, -0.05) is 303 Å². The fourth-order valence-electron chi connectivity index (χ4n) is 9.56. The topological polar surface area (TPSA) is 78.9 Å². The highest BCUT2D eigenvalue weighted by Crippen LogP contribution is 2.18. The van der Waals surface area contributed by atoms with E-state index in [2.05, 4.69) is 32.9 Å². The summed E-state index contributed by atoms with van der Waals surface area (Å²) < 4.78 is 16.9. The number of hydrogen-bond donors (Lipinski definition) is 0. The molecule has 0 bridgehead atoms. The van der Waals surface area contributed by atoms with E-state index in [1.807, 2.05) is 0 Å². The molecule has 0 aromatic carbocycles. The Balaban J connectivity index is 4.26. The Bertz CT molecular complexity index is 1070. The van der Waals surface area contributed by atoms with Gasteiger partial charge in [0, 0.05) is 19.3 Å². The molecule has 0 heterocycles. The van der Waals surface area contributed by atoms with Crippen LogP contribution in [0.25, 0.3) is 0 Å². The summed E-state index contributed by atoms with van der Waals surface area (Å²) in [5.74, 6) is -0.837. The Morgan fingerprint density at radius 2 is 0.478 bits per heavy atom. The first-order valence-corrected chi connectivity index (χ1v) is 31.2. The van der Waals surface area contributed by atoms with Gasteiger partial charge in [0.1, 0.15) is 13.2 Å². The lowest BCUT2D eigenvalue weighted by molar-refractivity contribution is -0.167. The van der Waals surface area contributed by atoms with E-state index in [-0.39, 0.29) is 31.1 Å². The molecule has 0 aromatic heterocycles. The SMILES string of the molecule is CCCCCCCC/C=C\CCCCCCCCCCCC(=O)OC[C@H](COC(=O)CCCCCCCCCCCCCCCCCCCCC)OC(=O)CCCCCCCCCCCCCCC. The summed E-state index contributed by atoms with van der Waals surface area (Å²) in [6.07, 6.45) is 67.8. The Hall–Kier alpha value is -1.85. The molecule has 408 valence electrons. The minimum Gasteiger partial charge on any atom is -0.462 e. The molecule has 0 unspecified atom stereocenters. The number of unbranched alkanes of at least 4 members (excludes halogenated alkanes) is 45. The van der Waals surface area contributed by atoms with Crippen molar-refractivity contribution in [3.05, 3.63) is 12.2 Å². The summed E-state index contributed by atoms with van der Waals surface area (Å²) in [7, 11) is 0. The first-order chi connectivity index (χ1) is 34.0. The molecule has 0 saturated heterocycles. The number of ether oxygens (including phenoxy) is 3. The Morgan fingerprint density at radius 3 is 0.725 bits per heavy atom. The van der Waals surface area contributed by atoms with E-state index in [1.54, 1.807) is 0 Å². The van der Waals surface area contributed by atoms with Crippen molar-refractivity contribution >= 4 is 17.9 Å². The normalized spacial score (nSPS) is 12.0. The molecule has 0 N–H and O–H groups in total. The van der Waals surface area contributed by atoms with Crippen LogP contribution < -0.4 is 0 Å². The van der Waals surface area contributed by atoms with E-state index in [0.29, 0.717) is 19.3 Å². The number of rotatable bonds is 58. The molecule has 0 saturated carbocycles. The smallest absolute Gasteiger partial charge is 0.306 e. The highest BCUT2D eigenvalue weighted by Gasteiger charge is 2.19. The van der Waals surface area contributed by atoms with Crippen molar-refractivity contribution < 1.29 is 28.6 Å². The lowest BCUT2D eigenvalue weighted by Gasteiger charge is -2.18. The second-order valence-corrected chi connectivity index (χ2v) is 21.3.